The van der Waals surface area contributed by atoms with E-state index in [-0.39, 0.29) is 5.91 Å². The Morgan fingerprint density at radius 3 is 2.68 bits per heavy atom. The molecule has 0 heterocycles. The van der Waals surface area contributed by atoms with Gasteiger partial charge in [-0.25, -0.2) is 0 Å². The van der Waals surface area contributed by atoms with E-state index in [4.69, 9.17) is 0 Å². The minimum absolute atomic E-state index is 0.00937. The van der Waals surface area contributed by atoms with Crippen molar-refractivity contribution in [1.29, 1.82) is 0 Å². The van der Waals surface area contributed by atoms with Gasteiger partial charge in [0.05, 0.1) is 6.54 Å². The fourth-order valence-corrected chi connectivity index (χ4v) is 3.07. The van der Waals surface area contributed by atoms with Crippen LogP contribution in [0.15, 0.2) is 29.3 Å². The molecule has 1 saturated carbocycles. The Hall–Kier alpha value is -2.08. The minimum atomic E-state index is -0.00937. The molecule has 0 unspecified atom stereocenters. The normalized spacial score (nSPS) is 15.9. The van der Waals surface area contributed by atoms with E-state index < -0.39 is 0 Å². The zero-order valence-corrected chi connectivity index (χ0v) is 15.6. The van der Waals surface area contributed by atoms with Gasteiger partial charge in [-0.15, -0.1) is 0 Å². The third kappa shape index (κ3) is 7.13. The number of guanidine groups is 1. The van der Waals surface area contributed by atoms with Crippen molar-refractivity contribution in [2.75, 3.05) is 33.0 Å². The molecule has 25 heavy (non-hydrogen) atoms. The van der Waals surface area contributed by atoms with Gasteiger partial charge in [-0.1, -0.05) is 31.4 Å². The van der Waals surface area contributed by atoms with Gasteiger partial charge in [0.25, 0.3) is 0 Å². The second-order valence-corrected chi connectivity index (χ2v) is 6.89. The Morgan fingerprint density at radius 1 is 1.24 bits per heavy atom. The molecule has 0 radical (unpaired) electrons. The number of hydrogen-bond donors (Lipinski definition) is 3. The first-order valence-electron chi connectivity index (χ1n) is 9.07. The predicted molar refractivity (Wildman–Crippen MR) is 104 cm³/mol. The van der Waals surface area contributed by atoms with Crippen LogP contribution in [0.3, 0.4) is 0 Å². The Kier molecular flexibility index (Phi) is 7.73. The average molecular weight is 345 g/mol. The van der Waals surface area contributed by atoms with Gasteiger partial charge in [-0.2, -0.15) is 0 Å². The summed E-state index contributed by atoms with van der Waals surface area (Å²) in [7, 11) is 5.56. The van der Waals surface area contributed by atoms with Gasteiger partial charge < -0.3 is 20.9 Å². The van der Waals surface area contributed by atoms with Crippen LogP contribution in [0.4, 0.5) is 5.69 Å². The fraction of sp³-hybridized carbons (Fsp3) is 0.579. The summed E-state index contributed by atoms with van der Waals surface area (Å²) in [5.74, 6) is 0.832. The Balaban J connectivity index is 1.84. The lowest BCUT2D eigenvalue weighted by molar-refractivity contribution is -0.116. The van der Waals surface area contributed by atoms with Gasteiger partial charge in [0.1, 0.15) is 0 Å². The molecule has 3 N–H and O–H groups in total. The summed E-state index contributed by atoms with van der Waals surface area (Å²) in [5.41, 5.74) is 1.93. The molecule has 1 aromatic carbocycles. The monoisotopic (exact) mass is 345 g/mol. The van der Waals surface area contributed by atoms with E-state index in [2.05, 4.69) is 20.9 Å². The van der Waals surface area contributed by atoms with E-state index in [1.54, 1.807) is 7.05 Å². The molecule has 1 aromatic rings. The molecule has 6 heteroatoms. The largest absolute Gasteiger partial charge is 0.354 e. The van der Waals surface area contributed by atoms with Crippen LogP contribution in [0, 0.1) is 0 Å². The predicted octanol–water partition coefficient (Wildman–Crippen LogP) is 2.18. The van der Waals surface area contributed by atoms with Crippen LogP contribution in [-0.2, 0) is 11.3 Å². The molecule has 0 spiro atoms. The Bertz CT molecular complexity index is 579. The highest BCUT2D eigenvalue weighted by Gasteiger charge is 2.14. The number of likely N-dealkylation sites (N-methyl/N-ethyl adjacent to an activating group) is 1. The number of carbonyl (C=O) groups excluding carboxylic acids is 1. The molecule has 0 atom stereocenters. The molecular formula is C19H31N5O. The lowest BCUT2D eigenvalue weighted by Crippen LogP contribution is -2.43. The summed E-state index contributed by atoms with van der Waals surface area (Å²) < 4.78 is 0. The molecule has 0 aromatic heterocycles. The first kappa shape index (κ1) is 19.2. The maximum absolute atomic E-state index is 11.9. The molecule has 1 aliphatic rings. The second kappa shape index (κ2) is 10.0. The van der Waals surface area contributed by atoms with E-state index in [1.165, 1.54) is 32.1 Å². The van der Waals surface area contributed by atoms with Crippen LogP contribution in [0.5, 0.6) is 0 Å². The van der Waals surface area contributed by atoms with Crippen molar-refractivity contribution in [2.24, 2.45) is 4.99 Å². The number of hydrogen-bond acceptors (Lipinski definition) is 3. The van der Waals surface area contributed by atoms with Crippen LogP contribution in [-0.4, -0.2) is 50.5 Å². The molecule has 0 bridgehead atoms. The third-order valence-electron chi connectivity index (χ3n) is 4.30. The highest BCUT2D eigenvalue weighted by atomic mass is 16.2. The number of nitrogens with zero attached hydrogens (tertiary/aromatic N) is 2. The lowest BCUT2D eigenvalue weighted by Gasteiger charge is -2.25. The molecule has 138 valence electrons. The number of amides is 1. The van der Waals surface area contributed by atoms with Gasteiger partial charge in [0, 0.05) is 25.3 Å². The molecular weight excluding hydrogens is 314 g/mol. The van der Waals surface area contributed by atoms with Gasteiger partial charge in [-0.3, -0.25) is 9.79 Å². The van der Waals surface area contributed by atoms with Crippen molar-refractivity contribution in [3.05, 3.63) is 29.8 Å². The van der Waals surface area contributed by atoms with Crippen molar-refractivity contribution in [3.63, 3.8) is 0 Å². The van der Waals surface area contributed by atoms with Crippen LogP contribution in [0.25, 0.3) is 0 Å². The number of carbonyl (C=O) groups is 1. The van der Waals surface area contributed by atoms with Crippen LogP contribution < -0.4 is 16.0 Å². The minimum Gasteiger partial charge on any atom is -0.354 e. The maximum Gasteiger partial charge on any atom is 0.238 e. The SMILES string of the molecule is CN=C(NCc1cccc(NC(=O)CN(C)C)c1)NC1CCCCC1. The molecule has 1 fully saturated rings. The van der Waals surface area contributed by atoms with Gasteiger partial charge in [0.2, 0.25) is 5.91 Å². The number of anilines is 1. The van der Waals surface area contributed by atoms with Crippen molar-refractivity contribution in [1.82, 2.24) is 15.5 Å². The third-order valence-corrected chi connectivity index (χ3v) is 4.30. The van der Waals surface area contributed by atoms with Crippen molar-refractivity contribution in [2.45, 2.75) is 44.7 Å². The van der Waals surface area contributed by atoms with Crippen LogP contribution >= 0.6 is 0 Å². The summed E-state index contributed by atoms with van der Waals surface area (Å²) in [6.07, 6.45) is 6.37. The first-order chi connectivity index (χ1) is 12.1. The number of rotatable bonds is 6. The molecule has 0 aliphatic heterocycles. The molecule has 2 rings (SSSR count). The maximum atomic E-state index is 11.9. The van der Waals surface area contributed by atoms with Crippen LogP contribution in [0.1, 0.15) is 37.7 Å². The van der Waals surface area contributed by atoms with E-state index >= 15 is 0 Å². The van der Waals surface area contributed by atoms with Crippen LogP contribution in [0.2, 0.25) is 0 Å². The molecule has 0 saturated heterocycles. The molecule has 1 aliphatic carbocycles. The average Bonchev–Trinajstić information content (AvgIpc) is 2.59. The number of aliphatic imine (C=N–C) groups is 1. The summed E-state index contributed by atoms with van der Waals surface area (Å²) in [6.45, 7) is 1.05. The lowest BCUT2D eigenvalue weighted by atomic mass is 9.96. The van der Waals surface area contributed by atoms with Gasteiger partial charge >= 0.3 is 0 Å². The molecule has 1 amide bonds. The smallest absolute Gasteiger partial charge is 0.238 e. The Morgan fingerprint density at radius 2 is 2.00 bits per heavy atom. The summed E-state index contributed by atoms with van der Waals surface area (Å²) in [4.78, 5) is 18.0. The standard InChI is InChI=1S/C19H31N5O/c1-20-19(23-16-9-5-4-6-10-16)21-13-15-8-7-11-17(12-15)22-18(25)14-24(2)3/h7-8,11-12,16H,4-6,9-10,13-14H2,1-3H3,(H,22,25)(H2,20,21,23). The highest BCUT2D eigenvalue weighted by Crippen LogP contribution is 2.17. The highest BCUT2D eigenvalue weighted by molar-refractivity contribution is 5.92. The van der Waals surface area contributed by atoms with Gasteiger partial charge in [0.15, 0.2) is 5.96 Å². The number of benzene rings is 1. The summed E-state index contributed by atoms with van der Waals surface area (Å²) in [5, 5.41) is 9.80. The van der Waals surface area contributed by atoms with Crippen molar-refractivity contribution in [3.8, 4) is 0 Å². The zero-order valence-electron chi connectivity index (χ0n) is 15.6. The first-order valence-corrected chi connectivity index (χ1v) is 9.07. The second-order valence-electron chi connectivity index (χ2n) is 6.89. The Labute approximate surface area is 151 Å². The topological polar surface area (TPSA) is 68.8 Å². The summed E-state index contributed by atoms with van der Waals surface area (Å²) in [6, 6.07) is 8.43. The quantitative estimate of drug-likeness (QED) is 0.546. The zero-order chi connectivity index (χ0) is 18.1. The van der Waals surface area contributed by atoms with Gasteiger partial charge in [-0.05, 0) is 44.6 Å². The fourth-order valence-electron chi connectivity index (χ4n) is 3.07. The van der Waals surface area contributed by atoms with E-state index in [0.29, 0.717) is 19.1 Å². The van der Waals surface area contributed by atoms with E-state index in [9.17, 15) is 4.79 Å². The molecule has 6 nitrogen and oxygen atoms in total. The van der Waals surface area contributed by atoms with Crippen molar-refractivity contribution >= 4 is 17.6 Å². The van der Waals surface area contributed by atoms with E-state index in [0.717, 1.165) is 17.2 Å². The van der Waals surface area contributed by atoms with E-state index in [1.807, 2.05) is 43.3 Å². The number of nitrogens with one attached hydrogen (secondary N) is 3. The summed E-state index contributed by atoms with van der Waals surface area (Å²) >= 11 is 0. The van der Waals surface area contributed by atoms with Crippen molar-refractivity contribution < 1.29 is 4.79 Å².